The maximum atomic E-state index is 13.3. The summed E-state index contributed by atoms with van der Waals surface area (Å²) in [5, 5.41) is 12.2. The lowest BCUT2D eigenvalue weighted by Crippen LogP contribution is -2.51. The van der Waals surface area contributed by atoms with Gasteiger partial charge in [-0.05, 0) is 62.3 Å². The number of carbonyl (C=O) groups is 1. The number of hydrogen-bond acceptors (Lipinski definition) is 3. The zero-order chi connectivity index (χ0) is 16.6. The van der Waals surface area contributed by atoms with Gasteiger partial charge in [0.05, 0.1) is 12.6 Å². The van der Waals surface area contributed by atoms with E-state index in [1.807, 2.05) is 13.0 Å². The molecule has 5 heteroatoms. The van der Waals surface area contributed by atoms with E-state index in [1.165, 1.54) is 6.07 Å². The van der Waals surface area contributed by atoms with Gasteiger partial charge in [-0.1, -0.05) is 6.07 Å². The Labute approximate surface area is 136 Å². The third kappa shape index (κ3) is 3.23. The first kappa shape index (κ1) is 15.9. The van der Waals surface area contributed by atoms with Gasteiger partial charge in [-0.15, -0.1) is 0 Å². The van der Waals surface area contributed by atoms with Crippen LogP contribution in [0, 0.1) is 23.1 Å². The van der Waals surface area contributed by atoms with Crippen LogP contribution in [0.15, 0.2) is 18.2 Å². The Morgan fingerprint density at radius 1 is 1.52 bits per heavy atom. The molecule has 23 heavy (non-hydrogen) atoms. The minimum atomic E-state index is -0.753. The lowest BCUT2D eigenvalue weighted by molar-refractivity contribution is -0.124. The maximum absolute atomic E-state index is 13.3. The number of hydrogen-bond donors (Lipinski definition) is 1. The van der Waals surface area contributed by atoms with E-state index in [-0.39, 0.29) is 30.2 Å². The first-order valence-electron chi connectivity index (χ1n) is 8.17. The number of amides is 1. The minimum Gasteiger partial charge on any atom is -0.337 e. The Bertz CT molecular complexity index is 665. The molecule has 1 amide bonds. The minimum absolute atomic E-state index is 0.0689. The number of nitrogens with one attached hydrogen (secondary N) is 1. The molecule has 4 nitrogen and oxygen atoms in total. The molecule has 3 rings (SSSR count). The summed E-state index contributed by atoms with van der Waals surface area (Å²) in [6.07, 6.45) is 2.75. The third-order valence-electron chi connectivity index (χ3n) is 5.14. The maximum Gasteiger partial charge on any atom is 0.235 e. The molecule has 1 aliphatic heterocycles. The van der Waals surface area contributed by atoms with Crippen LogP contribution in [-0.2, 0) is 11.2 Å². The number of nitriles is 1. The summed E-state index contributed by atoms with van der Waals surface area (Å²) in [4.78, 5) is 14.4. The van der Waals surface area contributed by atoms with Crippen molar-refractivity contribution in [1.29, 1.82) is 5.26 Å². The Kier molecular flexibility index (Phi) is 4.11. The van der Waals surface area contributed by atoms with Crippen molar-refractivity contribution < 1.29 is 9.18 Å². The van der Waals surface area contributed by atoms with Crippen LogP contribution in [0.4, 0.5) is 4.39 Å². The topological polar surface area (TPSA) is 56.1 Å². The summed E-state index contributed by atoms with van der Waals surface area (Å²) >= 11 is 0. The number of halogens is 1. The Morgan fingerprint density at radius 2 is 2.26 bits per heavy atom. The van der Waals surface area contributed by atoms with Crippen molar-refractivity contribution >= 4 is 5.91 Å². The molecule has 0 radical (unpaired) electrons. The normalized spacial score (nSPS) is 23.5. The second-order valence-corrected chi connectivity index (χ2v) is 6.88. The summed E-state index contributed by atoms with van der Waals surface area (Å²) in [6.45, 7) is 4.83. The molecule has 1 saturated carbocycles. The lowest BCUT2D eigenvalue weighted by Gasteiger charge is -2.35. The van der Waals surface area contributed by atoms with Gasteiger partial charge in [-0.2, -0.15) is 5.26 Å². The number of rotatable bonds is 4. The molecule has 1 aromatic carbocycles. The Morgan fingerprint density at radius 3 is 2.91 bits per heavy atom. The third-order valence-corrected chi connectivity index (χ3v) is 5.14. The first-order chi connectivity index (χ1) is 10.9. The van der Waals surface area contributed by atoms with Crippen molar-refractivity contribution in [2.45, 2.75) is 44.7 Å². The molecule has 2 aliphatic rings. The second kappa shape index (κ2) is 5.93. The number of benzene rings is 1. The predicted octanol–water partition coefficient (Wildman–Crippen LogP) is 2.55. The molecule has 1 fully saturated rings. The van der Waals surface area contributed by atoms with Crippen molar-refractivity contribution in [1.82, 2.24) is 10.2 Å². The van der Waals surface area contributed by atoms with E-state index in [0.29, 0.717) is 0 Å². The van der Waals surface area contributed by atoms with Crippen molar-refractivity contribution in [2.75, 3.05) is 13.1 Å². The highest BCUT2D eigenvalue weighted by molar-refractivity contribution is 5.79. The number of nitrogens with zero attached hydrogens (tertiary/aromatic N) is 2. The average Bonchev–Trinajstić information content (AvgIpc) is 3.35. The van der Waals surface area contributed by atoms with Gasteiger partial charge in [0.25, 0.3) is 0 Å². The fraction of sp³-hybridized carbons (Fsp3) is 0.556. The van der Waals surface area contributed by atoms with Crippen molar-refractivity contribution in [3.05, 3.63) is 35.1 Å². The van der Waals surface area contributed by atoms with Crippen LogP contribution in [-0.4, -0.2) is 29.4 Å². The van der Waals surface area contributed by atoms with Gasteiger partial charge in [-0.25, -0.2) is 4.39 Å². The molecule has 2 atom stereocenters. The molecule has 1 aliphatic carbocycles. The van der Waals surface area contributed by atoms with Crippen LogP contribution in [0.3, 0.4) is 0 Å². The molecule has 0 unspecified atom stereocenters. The van der Waals surface area contributed by atoms with Gasteiger partial charge in [0, 0.05) is 12.6 Å². The highest BCUT2D eigenvalue weighted by Gasteiger charge is 2.43. The van der Waals surface area contributed by atoms with Gasteiger partial charge in [0.2, 0.25) is 5.91 Å². The summed E-state index contributed by atoms with van der Waals surface area (Å²) < 4.78 is 13.3. The van der Waals surface area contributed by atoms with Gasteiger partial charge in [0.1, 0.15) is 11.4 Å². The zero-order valence-electron chi connectivity index (χ0n) is 13.6. The van der Waals surface area contributed by atoms with Gasteiger partial charge >= 0.3 is 0 Å². The molecule has 0 bridgehead atoms. The van der Waals surface area contributed by atoms with Crippen LogP contribution < -0.4 is 5.32 Å². The molecule has 0 saturated heterocycles. The summed E-state index contributed by atoms with van der Waals surface area (Å²) in [5.74, 6) is -0.0475. The van der Waals surface area contributed by atoms with Crippen LogP contribution in [0.5, 0.6) is 0 Å². The smallest absolute Gasteiger partial charge is 0.235 e. The molecule has 1 heterocycles. The fourth-order valence-electron chi connectivity index (χ4n) is 3.46. The van der Waals surface area contributed by atoms with Crippen molar-refractivity contribution in [3.63, 3.8) is 0 Å². The molecule has 0 spiro atoms. The number of carbonyl (C=O) groups excluding carboxylic acids is 1. The first-order valence-corrected chi connectivity index (χ1v) is 8.17. The largest absolute Gasteiger partial charge is 0.337 e. The average molecular weight is 315 g/mol. The van der Waals surface area contributed by atoms with E-state index in [1.54, 1.807) is 13.0 Å². The molecule has 0 aromatic heterocycles. The van der Waals surface area contributed by atoms with Crippen molar-refractivity contribution in [2.24, 2.45) is 5.92 Å². The fourth-order valence-corrected chi connectivity index (χ4v) is 3.46. The highest BCUT2D eigenvalue weighted by Crippen LogP contribution is 2.39. The SMILES string of the molecule is C[C@@H]1c2ccc(F)cc2CCN1CC(=O)N[C@](C)(C#N)C1CC1. The van der Waals surface area contributed by atoms with Crippen LogP contribution in [0.2, 0.25) is 0 Å². The zero-order valence-corrected chi connectivity index (χ0v) is 13.6. The van der Waals surface area contributed by atoms with E-state index in [0.717, 1.165) is 36.9 Å². The van der Waals surface area contributed by atoms with E-state index in [9.17, 15) is 14.4 Å². The summed E-state index contributed by atoms with van der Waals surface area (Å²) in [7, 11) is 0. The summed E-state index contributed by atoms with van der Waals surface area (Å²) in [5.41, 5.74) is 1.35. The predicted molar refractivity (Wildman–Crippen MR) is 85.0 cm³/mol. The van der Waals surface area contributed by atoms with E-state index < -0.39 is 5.54 Å². The monoisotopic (exact) mass is 315 g/mol. The standard InChI is InChI=1S/C18H22FN3O/c1-12-16-6-5-15(19)9-13(16)7-8-22(12)10-17(23)21-18(2,11-20)14-3-4-14/h5-6,9,12,14H,3-4,7-8,10H2,1-2H3,(H,21,23)/t12-,18-/m1/s1. The number of fused-ring (bicyclic) bond motifs is 1. The Hall–Kier alpha value is -1.93. The second-order valence-electron chi connectivity index (χ2n) is 6.88. The van der Waals surface area contributed by atoms with Crippen LogP contribution in [0.25, 0.3) is 0 Å². The summed E-state index contributed by atoms with van der Waals surface area (Å²) in [6, 6.07) is 7.18. The molecular weight excluding hydrogens is 293 g/mol. The van der Waals surface area contributed by atoms with Gasteiger partial charge in [0.15, 0.2) is 0 Å². The Balaban J connectivity index is 1.66. The van der Waals surface area contributed by atoms with E-state index in [4.69, 9.17) is 0 Å². The van der Waals surface area contributed by atoms with Crippen LogP contribution in [0.1, 0.15) is 43.9 Å². The quantitative estimate of drug-likeness (QED) is 0.929. The lowest BCUT2D eigenvalue weighted by atomic mass is 9.93. The van der Waals surface area contributed by atoms with Crippen LogP contribution >= 0.6 is 0 Å². The molecule has 1 N–H and O–H groups in total. The highest BCUT2D eigenvalue weighted by atomic mass is 19.1. The molecule has 122 valence electrons. The molecule has 1 aromatic rings. The van der Waals surface area contributed by atoms with E-state index >= 15 is 0 Å². The molecular formula is C18H22FN3O. The van der Waals surface area contributed by atoms with Gasteiger partial charge < -0.3 is 5.32 Å². The van der Waals surface area contributed by atoms with Crippen molar-refractivity contribution in [3.8, 4) is 6.07 Å². The van der Waals surface area contributed by atoms with E-state index in [2.05, 4.69) is 16.3 Å². The van der Waals surface area contributed by atoms with Gasteiger partial charge in [-0.3, -0.25) is 9.69 Å².